The van der Waals surface area contributed by atoms with Crippen LogP contribution in [0.2, 0.25) is 0 Å². The van der Waals surface area contributed by atoms with Gasteiger partial charge in [0, 0.05) is 31.5 Å². The van der Waals surface area contributed by atoms with Gasteiger partial charge in [0.15, 0.2) is 0 Å². The van der Waals surface area contributed by atoms with Crippen molar-refractivity contribution < 1.29 is 19.4 Å². The number of pyridine rings is 1. The number of carbonyl (C=O) groups excluding carboxylic acids is 1. The van der Waals surface area contributed by atoms with E-state index >= 15 is 0 Å². The highest BCUT2D eigenvalue weighted by Gasteiger charge is 2.37. The Bertz CT molecular complexity index is 771. The summed E-state index contributed by atoms with van der Waals surface area (Å²) in [5.74, 6) is -1.32. The van der Waals surface area contributed by atoms with Crippen LogP contribution in [-0.4, -0.2) is 56.3 Å². The fourth-order valence-corrected chi connectivity index (χ4v) is 2.74. The van der Waals surface area contributed by atoms with Crippen LogP contribution in [0.5, 0.6) is 0 Å². The molecule has 2 aromatic heterocycles. The molecule has 0 aliphatic carbocycles. The van der Waals surface area contributed by atoms with Crippen molar-refractivity contribution in [2.45, 2.75) is 12.5 Å². The molecule has 24 heavy (non-hydrogen) atoms. The van der Waals surface area contributed by atoms with Gasteiger partial charge in [-0.3, -0.25) is 9.48 Å². The molecule has 1 saturated heterocycles. The minimum absolute atomic E-state index is 0.0891. The van der Waals surface area contributed by atoms with Gasteiger partial charge >= 0.3 is 5.97 Å². The van der Waals surface area contributed by atoms with E-state index < -0.39 is 11.6 Å². The number of morpholine rings is 1. The van der Waals surface area contributed by atoms with Crippen molar-refractivity contribution >= 4 is 11.9 Å². The summed E-state index contributed by atoms with van der Waals surface area (Å²) in [5, 5.41) is 13.0. The third-order valence-electron chi connectivity index (χ3n) is 4.11. The molecule has 0 radical (unpaired) electrons. The molecule has 1 amide bonds. The number of hydrogen-bond acceptors (Lipinski definition) is 5. The van der Waals surface area contributed by atoms with Crippen LogP contribution in [0.1, 0.15) is 33.3 Å². The van der Waals surface area contributed by atoms with Crippen LogP contribution >= 0.6 is 0 Å². The second-order valence-electron chi connectivity index (χ2n) is 5.95. The number of nitrogens with zero attached hydrogens (tertiary/aromatic N) is 4. The molecule has 2 aromatic rings. The van der Waals surface area contributed by atoms with Gasteiger partial charge in [-0.1, -0.05) is 0 Å². The molecule has 8 nitrogen and oxygen atoms in total. The van der Waals surface area contributed by atoms with Gasteiger partial charge < -0.3 is 14.7 Å². The number of rotatable bonds is 3. The lowest BCUT2D eigenvalue weighted by atomic mass is 9.96. The van der Waals surface area contributed by atoms with E-state index in [0.717, 1.165) is 5.56 Å². The zero-order chi connectivity index (χ0) is 17.3. The van der Waals surface area contributed by atoms with Gasteiger partial charge in [0.25, 0.3) is 5.91 Å². The normalized spacial score (nSPS) is 20.8. The van der Waals surface area contributed by atoms with E-state index in [2.05, 4.69) is 10.1 Å². The second kappa shape index (κ2) is 6.04. The van der Waals surface area contributed by atoms with Gasteiger partial charge in [-0.25, -0.2) is 9.78 Å². The number of carbonyl (C=O) groups is 2. The van der Waals surface area contributed by atoms with Crippen LogP contribution in [0.15, 0.2) is 30.7 Å². The Labute approximate surface area is 138 Å². The standard InChI is InChI=1S/C16H18N4O4/c1-16(12-8-18-19(2)9-12)10-20(5-6-24-16)14(21)11-3-4-13(15(22)23)17-7-11/h3-4,7-9H,5-6,10H2,1-2H3,(H,22,23). The van der Waals surface area contributed by atoms with Crippen molar-refractivity contribution in [2.75, 3.05) is 19.7 Å². The Morgan fingerprint density at radius 2 is 2.12 bits per heavy atom. The Kier molecular flexibility index (Phi) is 4.06. The van der Waals surface area contributed by atoms with E-state index in [1.165, 1.54) is 18.3 Å². The predicted molar refractivity (Wildman–Crippen MR) is 83.6 cm³/mol. The maximum Gasteiger partial charge on any atom is 0.354 e. The number of aryl methyl sites for hydroxylation is 1. The zero-order valence-corrected chi connectivity index (χ0v) is 13.5. The van der Waals surface area contributed by atoms with Gasteiger partial charge in [0.05, 0.1) is 24.9 Å². The zero-order valence-electron chi connectivity index (χ0n) is 13.5. The summed E-state index contributed by atoms with van der Waals surface area (Å²) in [4.78, 5) is 29.0. The minimum atomic E-state index is -1.12. The van der Waals surface area contributed by atoms with Crippen LogP contribution in [0, 0.1) is 0 Å². The number of hydrogen-bond donors (Lipinski definition) is 1. The average Bonchev–Trinajstić information content (AvgIpc) is 3.02. The fraction of sp³-hybridized carbons (Fsp3) is 0.375. The van der Waals surface area contributed by atoms with E-state index in [-0.39, 0.29) is 11.6 Å². The molecule has 126 valence electrons. The van der Waals surface area contributed by atoms with Crippen molar-refractivity contribution in [3.05, 3.63) is 47.5 Å². The first kappa shape index (κ1) is 16.1. The molecule has 1 N–H and O–H groups in total. The Morgan fingerprint density at radius 3 is 2.71 bits per heavy atom. The lowest BCUT2D eigenvalue weighted by molar-refractivity contribution is -0.0931. The highest BCUT2D eigenvalue weighted by molar-refractivity contribution is 5.95. The first-order chi connectivity index (χ1) is 11.4. The lowest BCUT2D eigenvalue weighted by Gasteiger charge is -2.40. The van der Waals surface area contributed by atoms with E-state index in [9.17, 15) is 9.59 Å². The summed E-state index contributed by atoms with van der Waals surface area (Å²) in [6, 6.07) is 2.81. The molecule has 0 bridgehead atoms. The van der Waals surface area contributed by atoms with Crippen molar-refractivity contribution in [1.29, 1.82) is 0 Å². The van der Waals surface area contributed by atoms with Crippen LogP contribution < -0.4 is 0 Å². The number of ether oxygens (including phenoxy) is 1. The summed E-state index contributed by atoms with van der Waals surface area (Å²) >= 11 is 0. The molecule has 0 spiro atoms. The summed E-state index contributed by atoms with van der Waals surface area (Å²) in [7, 11) is 1.83. The predicted octanol–water partition coefficient (Wildman–Crippen LogP) is 0.901. The highest BCUT2D eigenvalue weighted by atomic mass is 16.5. The molecule has 0 saturated carbocycles. The fourth-order valence-electron chi connectivity index (χ4n) is 2.74. The maximum absolute atomic E-state index is 12.7. The number of aromatic nitrogens is 3. The summed E-state index contributed by atoms with van der Waals surface area (Å²) in [5.41, 5.74) is 0.544. The lowest BCUT2D eigenvalue weighted by Crippen LogP contribution is -2.50. The van der Waals surface area contributed by atoms with Gasteiger partial charge in [-0.05, 0) is 19.1 Å². The van der Waals surface area contributed by atoms with Gasteiger partial charge in [-0.2, -0.15) is 5.10 Å². The molecule has 1 aliphatic rings. The molecule has 1 fully saturated rings. The summed E-state index contributed by atoms with van der Waals surface area (Å²) in [6.07, 6.45) is 4.90. The summed E-state index contributed by atoms with van der Waals surface area (Å²) < 4.78 is 7.58. The average molecular weight is 330 g/mol. The van der Waals surface area contributed by atoms with E-state index in [1.807, 2.05) is 20.2 Å². The Morgan fingerprint density at radius 1 is 1.33 bits per heavy atom. The molecule has 1 unspecified atom stereocenters. The first-order valence-corrected chi connectivity index (χ1v) is 7.51. The first-order valence-electron chi connectivity index (χ1n) is 7.51. The monoisotopic (exact) mass is 330 g/mol. The number of carboxylic acids is 1. The van der Waals surface area contributed by atoms with Gasteiger partial charge in [0.2, 0.25) is 0 Å². The molecule has 3 rings (SSSR count). The molecule has 0 aromatic carbocycles. The number of amides is 1. The van der Waals surface area contributed by atoms with Crippen molar-refractivity contribution in [2.24, 2.45) is 7.05 Å². The molecule has 1 atom stereocenters. The SMILES string of the molecule is Cn1cc(C2(C)CN(C(=O)c3ccc(C(=O)O)nc3)CCO2)cn1. The molecule has 3 heterocycles. The third-order valence-corrected chi connectivity index (χ3v) is 4.11. The van der Waals surface area contributed by atoms with Crippen molar-refractivity contribution in [3.63, 3.8) is 0 Å². The second-order valence-corrected chi connectivity index (χ2v) is 5.95. The van der Waals surface area contributed by atoms with E-state index in [4.69, 9.17) is 9.84 Å². The Balaban J connectivity index is 1.79. The Hall–Kier alpha value is -2.74. The van der Waals surface area contributed by atoms with Crippen LogP contribution in [0.25, 0.3) is 0 Å². The number of carboxylic acid groups (broad SMARTS) is 1. The number of aromatic carboxylic acids is 1. The highest BCUT2D eigenvalue weighted by Crippen LogP contribution is 2.29. The third kappa shape index (κ3) is 3.00. The largest absolute Gasteiger partial charge is 0.477 e. The van der Waals surface area contributed by atoms with E-state index in [0.29, 0.717) is 25.3 Å². The van der Waals surface area contributed by atoms with E-state index in [1.54, 1.807) is 15.8 Å². The smallest absolute Gasteiger partial charge is 0.354 e. The van der Waals surface area contributed by atoms with Crippen LogP contribution in [-0.2, 0) is 17.4 Å². The van der Waals surface area contributed by atoms with Crippen LogP contribution in [0.3, 0.4) is 0 Å². The molecule has 1 aliphatic heterocycles. The molecule has 8 heteroatoms. The van der Waals surface area contributed by atoms with Crippen molar-refractivity contribution in [3.8, 4) is 0 Å². The van der Waals surface area contributed by atoms with Gasteiger partial charge in [-0.15, -0.1) is 0 Å². The van der Waals surface area contributed by atoms with Gasteiger partial charge in [0.1, 0.15) is 11.3 Å². The maximum atomic E-state index is 12.7. The topological polar surface area (TPSA) is 97.6 Å². The van der Waals surface area contributed by atoms with Crippen molar-refractivity contribution in [1.82, 2.24) is 19.7 Å². The summed E-state index contributed by atoms with van der Waals surface area (Å²) in [6.45, 7) is 3.20. The quantitative estimate of drug-likeness (QED) is 0.898. The molecular formula is C16H18N4O4. The molecular weight excluding hydrogens is 312 g/mol. The minimum Gasteiger partial charge on any atom is -0.477 e. The van der Waals surface area contributed by atoms with Crippen LogP contribution in [0.4, 0.5) is 0 Å².